The number of amides is 1. The first-order chi connectivity index (χ1) is 13.9. The number of anilines is 1. The summed E-state index contributed by atoms with van der Waals surface area (Å²) in [5.74, 6) is 1.01. The molecule has 1 unspecified atom stereocenters. The van der Waals surface area contributed by atoms with Crippen LogP contribution in [0.15, 0.2) is 60.7 Å². The van der Waals surface area contributed by atoms with Crippen molar-refractivity contribution in [2.45, 2.75) is 26.4 Å². The number of ether oxygens (including phenoxy) is 2. The Labute approximate surface area is 175 Å². The first-order valence-corrected chi connectivity index (χ1v) is 9.66. The van der Waals surface area contributed by atoms with E-state index in [-0.39, 0.29) is 12.0 Å². The molecule has 0 saturated carbocycles. The number of aromatic nitrogens is 1. The molecule has 0 aliphatic carbocycles. The molecule has 5 nitrogen and oxygen atoms in total. The molecular weight excluding hydrogens is 388 g/mol. The Morgan fingerprint density at radius 3 is 2.52 bits per heavy atom. The first kappa shape index (κ1) is 20.8. The van der Waals surface area contributed by atoms with Gasteiger partial charge in [-0.25, -0.2) is 0 Å². The van der Waals surface area contributed by atoms with E-state index in [1.54, 1.807) is 37.4 Å². The number of halogens is 1. The van der Waals surface area contributed by atoms with Gasteiger partial charge in [-0.05, 0) is 56.3 Å². The van der Waals surface area contributed by atoms with Crippen molar-refractivity contribution in [1.29, 1.82) is 0 Å². The molecule has 1 heterocycles. The normalized spacial score (nSPS) is 11.7. The number of nitrogens with zero attached hydrogens (tertiary/aromatic N) is 1. The molecule has 1 atom stereocenters. The number of rotatable bonds is 7. The molecule has 1 N–H and O–H groups in total. The van der Waals surface area contributed by atoms with Crippen LogP contribution in [0.3, 0.4) is 0 Å². The molecule has 2 aromatic carbocycles. The van der Waals surface area contributed by atoms with Gasteiger partial charge >= 0.3 is 0 Å². The molecule has 3 aromatic rings. The van der Waals surface area contributed by atoms with Gasteiger partial charge in [-0.2, -0.15) is 0 Å². The third-order valence-corrected chi connectivity index (χ3v) is 4.65. The van der Waals surface area contributed by atoms with Crippen molar-refractivity contribution < 1.29 is 14.3 Å². The van der Waals surface area contributed by atoms with Crippen molar-refractivity contribution in [2.75, 3.05) is 12.4 Å². The van der Waals surface area contributed by atoms with Crippen LogP contribution < -0.4 is 10.1 Å². The lowest BCUT2D eigenvalue weighted by Gasteiger charge is -2.12. The second-order valence-electron chi connectivity index (χ2n) is 6.73. The van der Waals surface area contributed by atoms with Gasteiger partial charge in [0.05, 0.1) is 17.4 Å². The molecular formula is C23H23ClN2O3. The van der Waals surface area contributed by atoms with E-state index in [1.165, 1.54) is 0 Å². The van der Waals surface area contributed by atoms with E-state index in [0.717, 1.165) is 5.69 Å². The smallest absolute Gasteiger partial charge is 0.257 e. The highest BCUT2D eigenvalue weighted by molar-refractivity contribution is 6.30. The maximum Gasteiger partial charge on any atom is 0.257 e. The molecule has 6 heteroatoms. The number of aryl methyl sites for hydroxylation is 1. The van der Waals surface area contributed by atoms with Crippen LogP contribution in [0.2, 0.25) is 5.02 Å². The fourth-order valence-corrected chi connectivity index (χ4v) is 3.03. The molecule has 1 amide bonds. The standard InChI is InChI=1S/C23H23ClN2O3/c1-15(28-3)12-19-10-11-22(16(2)25-19)23(27)26-18-7-5-9-21(14-18)29-20-8-4-6-17(24)13-20/h4-11,13-15H,12H2,1-3H3,(H,26,27). The minimum atomic E-state index is -0.221. The Balaban J connectivity index is 1.70. The van der Waals surface area contributed by atoms with Gasteiger partial charge in [0.15, 0.2) is 0 Å². The van der Waals surface area contributed by atoms with Gasteiger partial charge in [0.1, 0.15) is 11.5 Å². The predicted octanol–water partition coefficient (Wildman–Crippen LogP) is 5.67. The summed E-state index contributed by atoms with van der Waals surface area (Å²) in [6.45, 7) is 3.81. The van der Waals surface area contributed by atoms with Crippen LogP contribution in [0, 0.1) is 6.92 Å². The lowest BCUT2D eigenvalue weighted by atomic mass is 10.1. The third kappa shape index (κ3) is 5.79. The topological polar surface area (TPSA) is 60.5 Å². The lowest BCUT2D eigenvalue weighted by Crippen LogP contribution is -2.16. The Bertz CT molecular complexity index is 1010. The van der Waals surface area contributed by atoms with E-state index in [0.29, 0.717) is 39.9 Å². The number of carbonyl (C=O) groups excluding carboxylic acids is 1. The zero-order chi connectivity index (χ0) is 20.8. The molecule has 1 aromatic heterocycles. The van der Waals surface area contributed by atoms with E-state index in [4.69, 9.17) is 21.1 Å². The summed E-state index contributed by atoms with van der Waals surface area (Å²) in [6, 6.07) is 18.0. The van der Waals surface area contributed by atoms with Crippen LogP contribution in [-0.2, 0) is 11.2 Å². The minimum absolute atomic E-state index is 0.0730. The van der Waals surface area contributed by atoms with Crippen molar-refractivity contribution in [3.63, 3.8) is 0 Å². The highest BCUT2D eigenvalue weighted by atomic mass is 35.5. The first-order valence-electron chi connectivity index (χ1n) is 9.29. The number of carbonyl (C=O) groups is 1. The number of pyridine rings is 1. The largest absolute Gasteiger partial charge is 0.457 e. The predicted molar refractivity (Wildman–Crippen MR) is 115 cm³/mol. The van der Waals surface area contributed by atoms with Crippen molar-refractivity contribution >= 4 is 23.2 Å². The Morgan fingerprint density at radius 2 is 1.83 bits per heavy atom. The van der Waals surface area contributed by atoms with Crippen LogP contribution in [0.4, 0.5) is 5.69 Å². The van der Waals surface area contributed by atoms with E-state index < -0.39 is 0 Å². The zero-order valence-electron chi connectivity index (χ0n) is 16.6. The van der Waals surface area contributed by atoms with Gasteiger partial charge in [-0.3, -0.25) is 9.78 Å². The summed E-state index contributed by atoms with van der Waals surface area (Å²) in [5.41, 5.74) is 2.73. The van der Waals surface area contributed by atoms with Crippen LogP contribution in [-0.4, -0.2) is 24.1 Å². The molecule has 0 fully saturated rings. The maximum atomic E-state index is 12.7. The van der Waals surface area contributed by atoms with Gasteiger partial charge in [0.2, 0.25) is 0 Å². The molecule has 150 valence electrons. The fraction of sp³-hybridized carbons (Fsp3) is 0.217. The second kappa shape index (κ2) is 9.54. The van der Waals surface area contributed by atoms with Crippen molar-refractivity contribution in [3.8, 4) is 11.5 Å². The highest BCUT2D eigenvalue weighted by Gasteiger charge is 2.13. The average molecular weight is 411 g/mol. The summed E-state index contributed by atoms with van der Waals surface area (Å²) in [7, 11) is 1.67. The van der Waals surface area contributed by atoms with Gasteiger partial charge < -0.3 is 14.8 Å². The fourth-order valence-electron chi connectivity index (χ4n) is 2.85. The van der Waals surface area contributed by atoms with Crippen LogP contribution in [0.1, 0.15) is 28.7 Å². The molecule has 0 spiro atoms. The Kier molecular flexibility index (Phi) is 6.86. The molecule has 3 rings (SSSR count). The molecule has 0 radical (unpaired) electrons. The average Bonchev–Trinajstić information content (AvgIpc) is 2.68. The summed E-state index contributed by atoms with van der Waals surface area (Å²) in [6.07, 6.45) is 0.770. The Hall–Kier alpha value is -2.89. The molecule has 0 saturated heterocycles. The van der Waals surface area contributed by atoms with E-state index in [1.807, 2.05) is 44.2 Å². The van der Waals surface area contributed by atoms with Crippen LogP contribution in [0.5, 0.6) is 11.5 Å². The zero-order valence-corrected chi connectivity index (χ0v) is 17.4. The van der Waals surface area contributed by atoms with Crippen LogP contribution in [0.25, 0.3) is 0 Å². The number of hydrogen-bond donors (Lipinski definition) is 1. The van der Waals surface area contributed by atoms with Crippen LogP contribution >= 0.6 is 11.6 Å². The van der Waals surface area contributed by atoms with E-state index >= 15 is 0 Å². The third-order valence-electron chi connectivity index (χ3n) is 4.41. The molecule has 29 heavy (non-hydrogen) atoms. The van der Waals surface area contributed by atoms with Gasteiger partial charge in [0, 0.05) is 36.0 Å². The molecule has 0 bridgehead atoms. The summed E-state index contributed by atoms with van der Waals surface area (Å²) < 4.78 is 11.1. The number of hydrogen-bond acceptors (Lipinski definition) is 4. The van der Waals surface area contributed by atoms with Gasteiger partial charge in [0.25, 0.3) is 5.91 Å². The van der Waals surface area contributed by atoms with Gasteiger partial charge in [-0.15, -0.1) is 0 Å². The minimum Gasteiger partial charge on any atom is -0.457 e. The Morgan fingerprint density at radius 1 is 1.10 bits per heavy atom. The lowest BCUT2D eigenvalue weighted by molar-refractivity contribution is 0.102. The second-order valence-corrected chi connectivity index (χ2v) is 7.16. The highest BCUT2D eigenvalue weighted by Crippen LogP contribution is 2.26. The van der Waals surface area contributed by atoms with Gasteiger partial charge in [-0.1, -0.05) is 23.7 Å². The number of nitrogens with one attached hydrogen (secondary N) is 1. The molecule has 0 aliphatic heterocycles. The monoisotopic (exact) mass is 410 g/mol. The summed E-state index contributed by atoms with van der Waals surface area (Å²) in [4.78, 5) is 17.2. The molecule has 0 aliphatic rings. The SMILES string of the molecule is COC(C)Cc1ccc(C(=O)Nc2cccc(Oc3cccc(Cl)c3)c2)c(C)n1. The van der Waals surface area contributed by atoms with Crippen molar-refractivity contribution in [2.24, 2.45) is 0 Å². The van der Waals surface area contributed by atoms with Crippen molar-refractivity contribution in [1.82, 2.24) is 4.98 Å². The quantitative estimate of drug-likeness (QED) is 0.545. The number of benzene rings is 2. The summed E-state index contributed by atoms with van der Waals surface area (Å²) in [5, 5.41) is 3.49. The number of methoxy groups -OCH3 is 1. The van der Waals surface area contributed by atoms with Crippen molar-refractivity contribution in [3.05, 3.63) is 82.6 Å². The summed E-state index contributed by atoms with van der Waals surface area (Å²) >= 11 is 5.99. The van der Waals surface area contributed by atoms with E-state index in [9.17, 15) is 4.79 Å². The maximum absolute atomic E-state index is 12.7. The van der Waals surface area contributed by atoms with E-state index in [2.05, 4.69) is 10.3 Å².